The van der Waals surface area contributed by atoms with Crippen molar-refractivity contribution in [2.45, 2.75) is 13.0 Å². The van der Waals surface area contributed by atoms with E-state index in [1.54, 1.807) is 47.9 Å². The molecule has 0 aliphatic heterocycles. The van der Waals surface area contributed by atoms with Crippen molar-refractivity contribution < 1.29 is 9.53 Å². The summed E-state index contributed by atoms with van der Waals surface area (Å²) in [4.78, 5) is 32.8. The number of hydrogen-bond donors (Lipinski definition) is 0. The lowest BCUT2D eigenvalue weighted by Crippen LogP contribution is -2.34. The second-order valence-corrected chi connectivity index (χ2v) is 7.69. The maximum atomic E-state index is 13.5. The summed E-state index contributed by atoms with van der Waals surface area (Å²) >= 11 is 0. The molecular formula is C27H25N3O3. The number of benzene rings is 3. The molecule has 4 rings (SSSR count). The van der Waals surface area contributed by atoms with Crippen LogP contribution in [0.3, 0.4) is 0 Å². The number of ether oxygens (including phenoxy) is 1. The first-order valence-electron chi connectivity index (χ1n) is 10.7. The van der Waals surface area contributed by atoms with E-state index < -0.39 is 6.04 Å². The molecule has 1 unspecified atom stereocenters. The molecule has 1 atom stereocenters. The van der Waals surface area contributed by atoms with Gasteiger partial charge in [0.25, 0.3) is 5.56 Å². The van der Waals surface area contributed by atoms with Crippen molar-refractivity contribution >= 4 is 22.9 Å². The largest absolute Gasteiger partial charge is 0.497 e. The minimum Gasteiger partial charge on any atom is -0.497 e. The summed E-state index contributed by atoms with van der Waals surface area (Å²) in [6, 6.07) is 23.6. The minimum atomic E-state index is -0.461. The zero-order valence-electron chi connectivity index (χ0n) is 18.8. The molecule has 0 N–H and O–H groups in total. The van der Waals surface area contributed by atoms with E-state index in [-0.39, 0.29) is 11.5 Å². The van der Waals surface area contributed by atoms with E-state index in [4.69, 9.17) is 9.72 Å². The van der Waals surface area contributed by atoms with E-state index in [0.717, 1.165) is 5.56 Å². The second kappa shape index (κ2) is 9.53. The van der Waals surface area contributed by atoms with Gasteiger partial charge in [0.05, 0.1) is 29.7 Å². The Labute approximate surface area is 192 Å². The van der Waals surface area contributed by atoms with Crippen LogP contribution in [0.2, 0.25) is 0 Å². The minimum absolute atomic E-state index is 0.185. The van der Waals surface area contributed by atoms with Crippen molar-refractivity contribution in [1.29, 1.82) is 0 Å². The number of likely N-dealkylation sites (N-methyl/N-ethyl adjacent to an activating group) is 1. The number of methoxy groups -OCH3 is 1. The molecule has 33 heavy (non-hydrogen) atoms. The quantitative estimate of drug-likeness (QED) is 0.411. The van der Waals surface area contributed by atoms with Crippen LogP contribution in [0.5, 0.6) is 5.75 Å². The Bertz CT molecular complexity index is 1360. The standard InChI is InChI=1S/C27H25N3O3/c1-19(29(2)25(31)18-13-20-9-5-4-6-10-20)26-28-24-12-8-7-11-23(24)27(32)30(26)21-14-16-22(33-3)17-15-21/h4-19H,1-3H3/b18-13+. The molecule has 166 valence electrons. The van der Waals surface area contributed by atoms with E-state index in [0.29, 0.717) is 28.2 Å². The number of aromatic nitrogens is 2. The van der Waals surface area contributed by atoms with Crippen molar-refractivity contribution in [3.63, 3.8) is 0 Å². The van der Waals surface area contributed by atoms with E-state index in [2.05, 4.69) is 0 Å². The Balaban J connectivity index is 1.77. The zero-order chi connectivity index (χ0) is 23.4. The van der Waals surface area contributed by atoms with Crippen LogP contribution in [0.4, 0.5) is 0 Å². The summed E-state index contributed by atoms with van der Waals surface area (Å²) < 4.78 is 6.82. The molecular weight excluding hydrogens is 414 g/mol. The highest BCUT2D eigenvalue weighted by molar-refractivity contribution is 5.91. The molecule has 0 aliphatic carbocycles. The molecule has 4 aromatic rings. The number of para-hydroxylation sites is 1. The third-order valence-electron chi connectivity index (χ3n) is 5.65. The third-order valence-corrected chi connectivity index (χ3v) is 5.65. The Morgan fingerprint density at radius 3 is 2.36 bits per heavy atom. The summed E-state index contributed by atoms with van der Waals surface area (Å²) in [6.07, 6.45) is 3.30. The molecule has 0 saturated carbocycles. The van der Waals surface area contributed by atoms with Crippen molar-refractivity contribution in [2.24, 2.45) is 0 Å². The molecule has 0 spiro atoms. The maximum Gasteiger partial charge on any atom is 0.266 e. The van der Waals surface area contributed by atoms with Crippen molar-refractivity contribution in [2.75, 3.05) is 14.2 Å². The lowest BCUT2D eigenvalue weighted by molar-refractivity contribution is -0.126. The summed E-state index contributed by atoms with van der Waals surface area (Å²) in [6.45, 7) is 1.87. The highest BCUT2D eigenvalue weighted by Gasteiger charge is 2.23. The van der Waals surface area contributed by atoms with E-state index in [9.17, 15) is 9.59 Å². The van der Waals surface area contributed by atoms with Gasteiger partial charge in [0.1, 0.15) is 11.6 Å². The fourth-order valence-corrected chi connectivity index (χ4v) is 3.62. The predicted molar refractivity (Wildman–Crippen MR) is 131 cm³/mol. The Kier molecular flexibility index (Phi) is 6.36. The summed E-state index contributed by atoms with van der Waals surface area (Å²) in [5.74, 6) is 0.983. The lowest BCUT2D eigenvalue weighted by atomic mass is 10.1. The van der Waals surface area contributed by atoms with E-state index in [1.165, 1.54) is 6.08 Å². The Hall–Kier alpha value is -4.19. The van der Waals surface area contributed by atoms with E-state index in [1.807, 2.05) is 67.6 Å². The highest BCUT2D eigenvalue weighted by atomic mass is 16.5. The molecule has 3 aromatic carbocycles. The first kappa shape index (κ1) is 22.0. The predicted octanol–water partition coefficient (Wildman–Crippen LogP) is 4.63. The molecule has 6 nitrogen and oxygen atoms in total. The van der Waals surface area contributed by atoms with Crippen LogP contribution in [0.1, 0.15) is 24.4 Å². The summed E-state index contributed by atoms with van der Waals surface area (Å²) in [5.41, 5.74) is 2.00. The molecule has 1 aromatic heterocycles. The maximum absolute atomic E-state index is 13.5. The first-order valence-corrected chi connectivity index (χ1v) is 10.7. The van der Waals surface area contributed by atoms with Crippen molar-refractivity contribution in [1.82, 2.24) is 14.5 Å². The number of carbonyl (C=O) groups excluding carboxylic acids is 1. The van der Waals surface area contributed by atoms with Crippen LogP contribution in [0.25, 0.3) is 22.7 Å². The smallest absolute Gasteiger partial charge is 0.266 e. The third kappa shape index (κ3) is 4.55. The fraction of sp³-hybridized carbons (Fsp3) is 0.148. The van der Waals surface area contributed by atoms with Gasteiger partial charge in [-0.25, -0.2) is 4.98 Å². The van der Waals surface area contributed by atoms with Gasteiger partial charge in [-0.05, 0) is 55.0 Å². The van der Waals surface area contributed by atoms with Crippen LogP contribution in [-0.2, 0) is 4.79 Å². The van der Waals surface area contributed by atoms with Crippen LogP contribution in [-0.4, -0.2) is 34.5 Å². The first-order chi connectivity index (χ1) is 16.0. The summed E-state index contributed by atoms with van der Waals surface area (Å²) in [5, 5.41) is 0.516. The van der Waals surface area contributed by atoms with Crippen molar-refractivity contribution in [3.8, 4) is 11.4 Å². The van der Waals surface area contributed by atoms with Crippen LogP contribution in [0.15, 0.2) is 89.7 Å². The molecule has 0 bridgehead atoms. The second-order valence-electron chi connectivity index (χ2n) is 7.69. The fourth-order valence-electron chi connectivity index (χ4n) is 3.62. The van der Waals surface area contributed by atoms with Gasteiger partial charge >= 0.3 is 0 Å². The van der Waals surface area contributed by atoms with Crippen LogP contribution >= 0.6 is 0 Å². The molecule has 0 saturated heterocycles. The molecule has 1 amide bonds. The highest BCUT2D eigenvalue weighted by Crippen LogP contribution is 2.23. The Morgan fingerprint density at radius 1 is 1.00 bits per heavy atom. The monoisotopic (exact) mass is 439 g/mol. The number of fused-ring (bicyclic) bond motifs is 1. The number of nitrogens with zero attached hydrogens (tertiary/aromatic N) is 3. The van der Waals surface area contributed by atoms with Crippen molar-refractivity contribution in [3.05, 3.63) is 107 Å². The average Bonchev–Trinajstić information content (AvgIpc) is 2.87. The van der Waals surface area contributed by atoms with Gasteiger partial charge in [0, 0.05) is 13.1 Å². The van der Waals surface area contributed by atoms with Crippen LogP contribution in [0, 0.1) is 0 Å². The number of hydrogen-bond acceptors (Lipinski definition) is 4. The van der Waals surface area contributed by atoms with Gasteiger partial charge in [-0.15, -0.1) is 0 Å². The van der Waals surface area contributed by atoms with E-state index >= 15 is 0 Å². The topological polar surface area (TPSA) is 64.4 Å². The number of carbonyl (C=O) groups is 1. The molecule has 1 heterocycles. The van der Waals surface area contributed by atoms with Gasteiger partial charge in [0.2, 0.25) is 5.91 Å². The van der Waals surface area contributed by atoms with Gasteiger partial charge < -0.3 is 9.64 Å². The molecule has 0 radical (unpaired) electrons. The van der Waals surface area contributed by atoms with Gasteiger partial charge in [-0.2, -0.15) is 0 Å². The Morgan fingerprint density at radius 2 is 1.67 bits per heavy atom. The number of rotatable bonds is 6. The van der Waals surface area contributed by atoms with Crippen LogP contribution < -0.4 is 10.3 Å². The molecule has 6 heteroatoms. The normalized spacial score (nSPS) is 12.1. The van der Waals surface area contributed by atoms with Gasteiger partial charge in [0.15, 0.2) is 0 Å². The van der Waals surface area contributed by atoms with Gasteiger partial charge in [-0.3, -0.25) is 14.2 Å². The SMILES string of the molecule is COc1ccc(-n2c(C(C)N(C)C(=O)/C=C/c3ccccc3)nc3ccccc3c2=O)cc1. The lowest BCUT2D eigenvalue weighted by Gasteiger charge is -2.26. The average molecular weight is 440 g/mol. The number of amides is 1. The molecule has 0 fully saturated rings. The van der Waals surface area contributed by atoms with Gasteiger partial charge in [-0.1, -0.05) is 42.5 Å². The molecule has 0 aliphatic rings. The zero-order valence-corrected chi connectivity index (χ0v) is 18.8. The summed E-state index contributed by atoms with van der Waals surface area (Å²) in [7, 11) is 3.30.